The molecule has 0 bridgehead atoms. The van der Waals surface area contributed by atoms with Gasteiger partial charge in [-0.1, -0.05) is 6.07 Å². The van der Waals surface area contributed by atoms with Crippen LogP contribution in [0.15, 0.2) is 23.8 Å². The third kappa shape index (κ3) is 4.47. The molecular formula is C22H23N3O4S. The fourth-order valence-corrected chi connectivity index (χ4v) is 4.74. The van der Waals surface area contributed by atoms with E-state index in [0.29, 0.717) is 34.2 Å². The van der Waals surface area contributed by atoms with Gasteiger partial charge >= 0.3 is 0 Å². The first kappa shape index (κ1) is 21.4. The SMILES string of the molecule is CCOc1ccc(C=C(C#N)C(=O)Nc2sc3c(c2C(N)=O)CCCC3)cc1OC. The number of amides is 2. The molecule has 1 aromatic carbocycles. The molecule has 156 valence electrons. The molecular weight excluding hydrogens is 402 g/mol. The molecule has 0 fully saturated rings. The minimum Gasteiger partial charge on any atom is -0.493 e. The standard InChI is InChI=1S/C22H23N3O4S/c1-3-29-16-9-8-13(11-17(16)28-2)10-14(12-23)21(27)25-22-19(20(24)26)15-6-4-5-7-18(15)30-22/h8-11H,3-7H2,1-2H3,(H2,24,26)(H,25,27). The fourth-order valence-electron chi connectivity index (χ4n) is 3.45. The second kappa shape index (κ2) is 9.46. The van der Waals surface area contributed by atoms with Crippen molar-refractivity contribution < 1.29 is 19.1 Å². The van der Waals surface area contributed by atoms with Crippen LogP contribution in [-0.4, -0.2) is 25.5 Å². The number of nitrogens with zero attached hydrogens (tertiary/aromatic N) is 1. The number of nitriles is 1. The summed E-state index contributed by atoms with van der Waals surface area (Å²) in [6.07, 6.45) is 5.13. The van der Waals surface area contributed by atoms with Crippen molar-refractivity contribution in [3.05, 3.63) is 45.3 Å². The fraction of sp³-hybridized carbons (Fsp3) is 0.318. The summed E-state index contributed by atoms with van der Waals surface area (Å²) >= 11 is 1.36. The number of benzene rings is 1. The lowest BCUT2D eigenvalue weighted by atomic mass is 9.95. The van der Waals surface area contributed by atoms with Crippen LogP contribution in [0.1, 0.15) is 46.1 Å². The van der Waals surface area contributed by atoms with E-state index >= 15 is 0 Å². The maximum atomic E-state index is 12.8. The molecule has 1 aromatic heterocycles. The van der Waals surface area contributed by atoms with Crippen molar-refractivity contribution in [1.29, 1.82) is 5.26 Å². The molecule has 0 spiro atoms. The number of aryl methyl sites for hydroxylation is 1. The van der Waals surface area contributed by atoms with E-state index in [2.05, 4.69) is 5.32 Å². The van der Waals surface area contributed by atoms with Crippen LogP contribution >= 0.6 is 11.3 Å². The molecule has 1 aliphatic rings. The largest absolute Gasteiger partial charge is 0.493 e. The Morgan fingerprint density at radius 3 is 2.73 bits per heavy atom. The quantitative estimate of drug-likeness (QED) is 0.519. The maximum absolute atomic E-state index is 12.8. The monoisotopic (exact) mass is 425 g/mol. The lowest BCUT2D eigenvalue weighted by molar-refractivity contribution is -0.112. The number of fused-ring (bicyclic) bond motifs is 1. The normalized spacial score (nSPS) is 13.2. The number of ether oxygens (including phenoxy) is 2. The predicted octanol–water partition coefficient (Wildman–Crippen LogP) is 3.68. The molecule has 8 heteroatoms. The van der Waals surface area contributed by atoms with Crippen LogP contribution in [0.5, 0.6) is 11.5 Å². The number of thiophene rings is 1. The zero-order valence-corrected chi connectivity index (χ0v) is 17.7. The summed E-state index contributed by atoms with van der Waals surface area (Å²) in [4.78, 5) is 25.8. The molecule has 0 saturated carbocycles. The highest BCUT2D eigenvalue weighted by molar-refractivity contribution is 7.17. The number of carbonyl (C=O) groups is 2. The topological polar surface area (TPSA) is 114 Å². The van der Waals surface area contributed by atoms with Crippen molar-refractivity contribution in [2.24, 2.45) is 5.73 Å². The van der Waals surface area contributed by atoms with Crippen LogP contribution < -0.4 is 20.5 Å². The van der Waals surface area contributed by atoms with Gasteiger partial charge in [-0.2, -0.15) is 5.26 Å². The highest BCUT2D eigenvalue weighted by Gasteiger charge is 2.25. The van der Waals surface area contributed by atoms with Crippen molar-refractivity contribution in [2.75, 3.05) is 19.0 Å². The van der Waals surface area contributed by atoms with Gasteiger partial charge in [0.05, 0.1) is 19.3 Å². The molecule has 0 atom stereocenters. The molecule has 30 heavy (non-hydrogen) atoms. The van der Waals surface area contributed by atoms with E-state index in [0.717, 1.165) is 36.1 Å². The lowest BCUT2D eigenvalue weighted by Gasteiger charge is -2.11. The second-order valence-electron chi connectivity index (χ2n) is 6.75. The van der Waals surface area contributed by atoms with Crippen LogP contribution in [0, 0.1) is 11.3 Å². The zero-order chi connectivity index (χ0) is 21.7. The Labute approximate surface area is 179 Å². The van der Waals surface area contributed by atoms with Crippen LogP contribution in [0.3, 0.4) is 0 Å². The summed E-state index contributed by atoms with van der Waals surface area (Å²) in [6, 6.07) is 7.07. The average Bonchev–Trinajstić information content (AvgIpc) is 3.10. The summed E-state index contributed by atoms with van der Waals surface area (Å²) in [5.74, 6) is -0.0736. The number of nitrogens with two attached hydrogens (primary N) is 1. The number of primary amides is 1. The van der Waals surface area contributed by atoms with Gasteiger partial charge in [0.2, 0.25) is 0 Å². The summed E-state index contributed by atoms with van der Waals surface area (Å²) in [7, 11) is 1.52. The molecule has 0 unspecified atom stereocenters. The van der Waals surface area contributed by atoms with E-state index in [1.807, 2.05) is 13.0 Å². The summed E-state index contributed by atoms with van der Waals surface area (Å²) < 4.78 is 10.8. The Balaban J connectivity index is 1.88. The number of rotatable bonds is 7. The van der Waals surface area contributed by atoms with Crippen molar-refractivity contribution in [2.45, 2.75) is 32.6 Å². The summed E-state index contributed by atoms with van der Waals surface area (Å²) in [5.41, 5.74) is 7.38. The van der Waals surface area contributed by atoms with Crippen LogP contribution in [0.4, 0.5) is 5.00 Å². The third-order valence-corrected chi connectivity index (χ3v) is 6.02. The summed E-state index contributed by atoms with van der Waals surface area (Å²) in [5, 5.41) is 12.6. The van der Waals surface area contributed by atoms with E-state index in [1.165, 1.54) is 24.5 Å². The van der Waals surface area contributed by atoms with Gasteiger partial charge in [-0.15, -0.1) is 11.3 Å². The zero-order valence-electron chi connectivity index (χ0n) is 16.9. The Kier molecular flexibility index (Phi) is 6.75. The van der Waals surface area contributed by atoms with E-state index < -0.39 is 11.8 Å². The van der Waals surface area contributed by atoms with Crippen LogP contribution in [0.2, 0.25) is 0 Å². The Morgan fingerprint density at radius 1 is 1.30 bits per heavy atom. The van der Waals surface area contributed by atoms with E-state index in [-0.39, 0.29) is 5.57 Å². The molecule has 1 aliphatic carbocycles. The van der Waals surface area contributed by atoms with E-state index in [1.54, 1.807) is 18.2 Å². The van der Waals surface area contributed by atoms with Gasteiger partial charge in [0.25, 0.3) is 11.8 Å². The van der Waals surface area contributed by atoms with Crippen molar-refractivity contribution in [3.8, 4) is 17.6 Å². The lowest BCUT2D eigenvalue weighted by Crippen LogP contribution is -2.19. The first-order valence-corrected chi connectivity index (χ1v) is 10.5. The maximum Gasteiger partial charge on any atom is 0.266 e. The number of hydrogen-bond donors (Lipinski definition) is 2. The van der Waals surface area contributed by atoms with Crippen LogP contribution in [0.25, 0.3) is 6.08 Å². The molecule has 0 radical (unpaired) electrons. The second-order valence-corrected chi connectivity index (χ2v) is 7.85. The number of hydrogen-bond acceptors (Lipinski definition) is 6. The Hall–Kier alpha value is -3.31. The Bertz CT molecular complexity index is 1050. The number of anilines is 1. The van der Waals surface area contributed by atoms with Gasteiger partial charge in [0, 0.05) is 4.88 Å². The van der Waals surface area contributed by atoms with Gasteiger partial charge in [-0.3, -0.25) is 9.59 Å². The number of nitrogens with one attached hydrogen (secondary N) is 1. The van der Waals surface area contributed by atoms with E-state index in [9.17, 15) is 14.9 Å². The van der Waals surface area contributed by atoms with Gasteiger partial charge < -0.3 is 20.5 Å². The van der Waals surface area contributed by atoms with Gasteiger partial charge in [0.1, 0.15) is 16.6 Å². The van der Waals surface area contributed by atoms with Gasteiger partial charge in [0.15, 0.2) is 11.5 Å². The molecule has 1 heterocycles. The van der Waals surface area contributed by atoms with Crippen molar-refractivity contribution in [1.82, 2.24) is 0 Å². The van der Waals surface area contributed by atoms with Crippen LogP contribution in [-0.2, 0) is 17.6 Å². The average molecular weight is 426 g/mol. The third-order valence-electron chi connectivity index (χ3n) is 4.81. The first-order chi connectivity index (χ1) is 14.5. The molecule has 0 saturated heterocycles. The van der Waals surface area contributed by atoms with Crippen molar-refractivity contribution >= 4 is 34.2 Å². The minimum absolute atomic E-state index is 0.0944. The molecule has 2 amide bonds. The minimum atomic E-state index is -0.591. The smallest absolute Gasteiger partial charge is 0.266 e. The highest BCUT2D eigenvalue weighted by Crippen LogP contribution is 2.38. The van der Waals surface area contributed by atoms with E-state index in [4.69, 9.17) is 15.2 Å². The summed E-state index contributed by atoms with van der Waals surface area (Å²) in [6.45, 7) is 2.36. The Morgan fingerprint density at radius 2 is 2.07 bits per heavy atom. The van der Waals surface area contributed by atoms with Crippen molar-refractivity contribution in [3.63, 3.8) is 0 Å². The highest BCUT2D eigenvalue weighted by atomic mass is 32.1. The molecule has 3 N–H and O–H groups in total. The first-order valence-electron chi connectivity index (χ1n) is 9.66. The van der Waals surface area contributed by atoms with Gasteiger partial charge in [-0.05, 0) is 61.9 Å². The number of methoxy groups -OCH3 is 1. The molecule has 0 aliphatic heterocycles. The predicted molar refractivity (Wildman–Crippen MR) is 116 cm³/mol. The molecule has 2 aromatic rings. The number of carbonyl (C=O) groups excluding carboxylic acids is 2. The molecule has 7 nitrogen and oxygen atoms in total. The molecule has 3 rings (SSSR count). The van der Waals surface area contributed by atoms with Gasteiger partial charge in [-0.25, -0.2) is 0 Å².